The normalized spacial score (nSPS) is 12.8. The third-order valence-corrected chi connectivity index (χ3v) is 6.03. The molecule has 4 heterocycles. The molecule has 2 amide bonds. The van der Waals surface area contributed by atoms with Crippen molar-refractivity contribution in [2.75, 3.05) is 13.1 Å². The number of nitrogens with one attached hydrogen (secondary N) is 2. The standard InChI is InChI=1S/C18H15ClFN5OS.C5H6N2O.C2H6/c1-9(2)23-18(26)13-8-25(27-20)17-16(13)24-15(7-22-17)12-6-21-14-5-10(19)3-4-11(12)14;6-1-5-2-7(3-5)4-8;1-2/h3-9,21H,1-2H3,(H,23,26);4-5H,2-3H2;1-2H3. The van der Waals surface area contributed by atoms with Crippen molar-refractivity contribution >= 4 is 58.3 Å². The van der Waals surface area contributed by atoms with Gasteiger partial charge in [0.1, 0.15) is 5.52 Å². The smallest absolute Gasteiger partial charge is 0.255 e. The van der Waals surface area contributed by atoms with Crippen molar-refractivity contribution in [2.24, 2.45) is 5.92 Å². The van der Waals surface area contributed by atoms with Gasteiger partial charge in [0.25, 0.3) is 5.91 Å². The summed E-state index contributed by atoms with van der Waals surface area (Å²) in [7, 11) is 0. The fourth-order valence-corrected chi connectivity index (χ4v) is 4.16. The van der Waals surface area contributed by atoms with Crippen LogP contribution >= 0.6 is 23.9 Å². The third kappa shape index (κ3) is 6.21. The Hall–Kier alpha value is -3.62. The van der Waals surface area contributed by atoms with Crippen LogP contribution in [0.25, 0.3) is 33.3 Å². The molecule has 0 saturated carbocycles. The fraction of sp³-hybridized carbons (Fsp3) is 0.320. The molecule has 194 valence electrons. The number of benzene rings is 1. The molecule has 0 bridgehead atoms. The van der Waals surface area contributed by atoms with Crippen molar-refractivity contribution in [1.29, 1.82) is 5.26 Å². The van der Waals surface area contributed by atoms with Crippen LogP contribution in [-0.4, -0.2) is 55.3 Å². The quantitative estimate of drug-likeness (QED) is 0.326. The molecule has 5 rings (SSSR count). The van der Waals surface area contributed by atoms with Crippen LogP contribution in [0.2, 0.25) is 5.02 Å². The zero-order valence-electron chi connectivity index (χ0n) is 20.8. The first-order valence-corrected chi connectivity index (χ1v) is 12.7. The zero-order valence-corrected chi connectivity index (χ0v) is 22.4. The molecule has 3 aromatic heterocycles. The number of aromatic amines is 1. The number of hydrogen-bond acceptors (Lipinski definition) is 6. The number of halogens is 2. The van der Waals surface area contributed by atoms with Crippen molar-refractivity contribution < 1.29 is 13.5 Å². The van der Waals surface area contributed by atoms with Gasteiger partial charge in [-0.2, -0.15) is 5.26 Å². The van der Waals surface area contributed by atoms with E-state index in [1.807, 2.05) is 46.0 Å². The van der Waals surface area contributed by atoms with Crippen LogP contribution in [0.5, 0.6) is 0 Å². The number of rotatable bonds is 5. The maximum atomic E-state index is 13.3. The number of nitrogens with zero attached hydrogens (tertiary/aromatic N) is 5. The molecule has 0 spiro atoms. The van der Waals surface area contributed by atoms with Gasteiger partial charge in [-0.05, 0) is 26.0 Å². The van der Waals surface area contributed by atoms with Crippen LogP contribution < -0.4 is 5.32 Å². The highest BCUT2D eigenvalue weighted by Crippen LogP contribution is 2.31. The zero-order chi connectivity index (χ0) is 27.1. The van der Waals surface area contributed by atoms with Crippen LogP contribution in [0.1, 0.15) is 38.1 Å². The molecule has 37 heavy (non-hydrogen) atoms. The second-order valence-corrected chi connectivity index (χ2v) is 9.24. The average molecular weight is 544 g/mol. The summed E-state index contributed by atoms with van der Waals surface area (Å²) in [5, 5.41) is 12.6. The van der Waals surface area contributed by atoms with E-state index in [1.54, 1.807) is 17.2 Å². The van der Waals surface area contributed by atoms with E-state index in [1.165, 1.54) is 10.2 Å². The summed E-state index contributed by atoms with van der Waals surface area (Å²) >= 11 is 6.01. The van der Waals surface area contributed by atoms with Crippen molar-refractivity contribution in [2.45, 2.75) is 33.7 Å². The highest BCUT2D eigenvalue weighted by Gasteiger charge is 2.24. The lowest BCUT2D eigenvalue weighted by molar-refractivity contribution is -0.122. The second kappa shape index (κ2) is 12.6. The van der Waals surface area contributed by atoms with Gasteiger partial charge in [0, 0.05) is 53.0 Å². The van der Waals surface area contributed by atoms with Crippen LogP contribution in [0.15, 0.2) is 36.8 Å². The first kappa shape index (κ1) is 28.0. The van der Waals surface area contributed by atoms with Crippen molar-refractivity contribution in [1.82, 2.24) is 29.1 Å². The second-order valence-electron chi connectivity index (χ2n) is 8.27. The van der Waals surface area contributed by atoms with Gasteiger partial charge in [0.05, 0.1) is 29.4 Å². The Bertz CT molecular complexity index is 1440. The molecule has 12 heteroatoms. The average Bonchev–Trinajstić information content (AvgIpc) is 3.45. The molecule has 1 aromatic carbocycles. The number of fused-ring (bicyclic) bond motifs is 2. The Kier molecular flexibility index (Phi) is 9.49. The van der Waals surface area contributed by atoms with E-state index in [0.29, 0.717) is 35.0 Å². The molecule has 9 nitrogen and oxygen atoms in total. The van der Waals surface area contributed by atoms with E-state index in [2.05, 4.69) is 26.3 Å². The topological polar surface area (TPSA) is 120 Å². The Balaban J connectivity index is 0.000000322. The Morgan fingerprint density at radius 2 is 2.11 bits per heavy atom. The number of carbonyl (C=O) groups is 2. The summed E-state index contributed by atoms with van der Waals surface area (Å²) in [6.45, 7) is 8.96. The lowest BCUT2D eigenvalue weighted by Crippen LogP contribution is -2.44. The van der Waals surface area contributed by atoms with Gasteiger partial charge in [-0.3, -0.25) is 9.59 Å². The molecule has 0 unspecified atom stereocenters. The first-order chi connectivity index (χ1) is 17.8. The summed E-state index contributed by atoms with van der Waals surface area (Å²) in [5.74, 6) is -0.222. The van der Waals surface area contributed by atoms with Crippen molar-refractivity contribution in [3.05, 3.63) is 47.4 Å². The molecular weight excluding hydrogens is 517 g/mol. The largest absolute Gasteiger partial charge is 0.360 e. The molecule has 0 aliphatic carbocycles. The van der Waals surface area contributed by atoms with Crippen molar-refractivity contribution in [3.8, 4) is 17.3 Å². The highest BCUT2D eigenvalue weighted by atomic mass is 35.5. The summed E-state index contributed by atoms with van der Waals surface area (Å²) in [5.41, 5.74) is 3.19. The van der Waals surface area contributed by atoms with Gasteiger partial charge in [0.15, 0.2) is 18.0 Å². The van der Waals surface area contributed by atoms with E-state index in [4.69, 9.17) is 16.9 Å². The van der Waals surface area contributed by atoms with Crippen LogP contribution in [0.3, 0.4) is 0 Å². The summed E-state index contributed by atoms with van der Waals surface area (Å²) < 4.78 is 14.5. The van der Waals surface area contributed by atoms with Gasteiger partial charge in [-0.1, -0.05) is 31.5 Å². The van der Waals surface area contributed by atoms with E-state index in [9.17, 15) is 13.5 Å². The van der Waals surface area contributed by atoms with E-state index >= 15 is 0 Å². The number of amides is 2. The molecule has 1 fully saturated rings. The molecule has 0 atom stereocenters. The van der Waals surface area contributed by atoms with E-state index < -0.39 is 0 Å². The van der Waals surface area contributed by atoms with E-state index in [0.717, 1.165) is 22.9 Å². The predicted molar refractivity (Wildman–Crippen MR) is 145 cm³/mol. The van der Waals surface area contributed by atoms with Crippen LogP contribution in [-0.2, 0) is 4.79 Å². The highest BCUT2D eigenvalue weighted by molar-refractivity contribution is 7.92. The number of likely N-dealkylation sites (tertiary alicyclic amines) is 1. The number of aromatic nitrogens is 4. The van der Waals surface area contributed by atoms with Gasteiger partial charge in [-0.15, -0.1) is 3.89 Å². The summed E-state index contributed by atoms with van der Waals surface area (Å²) in [4.78, 5) is 36.0. The minimum Gasteiger partial charge on any atom is -0.360 e. The maximum absolute atomic E-state index is 13.3. The van der Waals surface area contributed by atoms with Crippen LogP contribution in [0.4, 0.5) is 3.89 Å². The molecule has 0 radical (unpaired) electrons. The maximum Gasteiger partial charge on any atom is 0.255 e. The summed E-state index contributed by atoms with van der Waals surface area (Å²) in [6.07, 6.45) is 5.56. The summed E-state index contributed by atoms with van der Waals surface area (Å²) in [6, 6.07) is 7.53. The number of H-pyrrole nitrogens is 1. The van der Waals surface area contributed by atoms with Gasteiger partial charge >= 0.3 is 0 Å². The number of nitriles is 1. The van der Waals surface area contributed by atoms with E-state index in [-0.39, 0.29) is 35.8 Å². The Labute approximate surface area is 223 Å². The van der Waals surface area contributed by atoms with Gasteiger partial charge in [0.2, 0.25) is 6.41 Å². The van der Waals surface area contributed by atoms with Gasteiger partial charge in [-0.25, -0.2) is 13.9 Å². The molecule has 4 aromatic rings. The lowest BCUT2D eigenvalue weighted by atomic mass is 10.0. The predicted octanol–water partition coefficient (Wildman–Crippen LogP) is 5.38. The molecular formula is C25H27ClFN7O2S. The number of carbonyl (C=O) groups excluding carboxylic acids is 2. The fourth-order valence-electron chi connectivity index (χ4n) is 3.64. The van der Waals surface area contributed by atoms with Crippen molar-refractivity contribution in [3.63, 3.8) is 0 Å². The molecule has 1 saturated heterocycles. The third-order valence-electron chi connectivity index (χ3n) is 5.36. The number of hydrogen-bond donors (Lipinski definition) is 2. The minimum absolute atomic E-state index is 0.0238. The SMILES string of the molecule is CC.CC(C)NC(=O)c1cn(SF)c2ncc(-c3c[nH]c4cc(Cl)ccc34)nc12.N#CC1CN(C=O)C1. The molecule has 1 aliphatic heterocycles. The molecule has 1 aliphatic rings. The monoisotopic (exact) mass is 543 g/mol. The first-order valence-electron chi connectivity index (χ1n) is 11.7. The Morgan fingerprint density at radius 1 is 1.38 bits per heavy atom. The lowest BCUT2D eigenvalue weighted by Gasteiger charge is -2.31. The van der Waals surface area contributed by atoms with Crippen LogP contribution in [0, 0.1) is 17.2 Å². The van der Waals surface area contributed by atoms with Gasteiger partial charge < -0.3 is 15.2 Å². The minimum atomic E-state index is -0.319. The molecule has 2 N–H and O–H groups in total. The Morgan fingerprint density at radius 3 is 2.73 bits per heavy atom.